The second-order valence-electron chi connectivity index (χ2n) is 10.1. The Morgan fingerprint density at radius 3 is 2.37 bits per heavy atom. The van der Waals surface area contributed by atoms with Crippen molar-refractivity contribution in [2.24, 2.45) is 11.8 Å². The van der Waals surface area contributed by atoms with Gasteiger partial charge in [-0.3, -0.25) is 19.0 Å². The molecule has 0 saturated carbocycles. The number of nitrogens with one attached hydrogen (secondary N) is 1. The molecule has 9 heteroatoms. The van der Waals surface area contributed by atoms with Crippen molar-refractivity contribution in [3.63, 3.8) is 0 Å². The molecule has 1 fully saturated rings. The fourth-order valence-corrected chi connectivity index (χ4v) is 6.05. The molecule has 2 aromatic heterocycles. The number of thiophene rings is 1. The topological polar surface area (TPSA) is 93.5 Å². The van der Waals surface area contributed by atoms with Gasteiger partial charge in [0.05, 0.1) is 16.6 Å². The van der Waals surface area contributed by atoms with Crippen LogP contribution in [-0.4, -0.2) is 39.4 Å². The van der Waals surface area contributed by atoms with Gasteiger partial charge in [0.2, 0.25) is 5.91 Å². The molecule has 5 rings (SSSR count). The maximum atomic E-state index is 13.3. The lowest BCUT2D eigenvalue weighted by atomic mass is 9.92. The number of hydrogen-bond donors (Lipinski definition) is 1. The second-order valence-corrected chi connectivity index (χ2v) is 11.1. The fourth-order valence-electron chi connectivity index (χ4n) is 5.02. The lowest BCUT2D eigenvalue weighted by Crippen LogP contribution is -2.44. The van der Waals surface area contributed by atoms with Crippen molar-refractivity contribution >= 4 is 39.1 Å². The van der Waals surface area contributed by atoms with Crippen LogP contribution in [0.15, 0.2) is 65.7 Å². The molecule has 2 aromatic carbocycles. The summed E-state index contributed by atoms with van der Waals surface area (Å²) in [7, 11) is 0. The molecule has 0 bridgehead atoms. The molecule has 196 valence electrons. The van der Waals surface area contributed by atoms with Gasteiger partial charge in [-0.25, -0.2) is 4.98 Å². The molecule has 0 unspecified atom stereocenters. The van der Waals surface area contributed by atoms with Crippen molar-refractivity contribution in [1.29, 1.82) is 0 Å². The van der Waals surface area contributed by atoms with Gasteiger partial charge in [-0.15, -0.1) is 11.3 Å². The highest BCUT2D eigenvalue weighted by Crippen LogP contribution is 2.29. The van der Waals surface area contributed by atoms with Crippen LogP contribution in [-0.2, 0) is 11.3 Å². The zero-order valence-electron chi connectivity index (χ0n) is 21.6. The summed E-state index contributed by atoms with van der Waals surface area (Å²) >= 11 is 1.17. The molecule has 0 aliphatic carbocycles. The van der Waals surface area contributed by atoms with E-state index in [9.17, 15) is 14.4 Å². The number of anilines is 1. The van der Waals surface area contributed by atoms with Crippen molar-refractivity contribution < 1.29 is 14.3 Å². The molecule has 1 N–H and O–H groups in total. The first-order valence-corrected chi connectivity index (χ1v) is 13.5. The third-order valence-corrected chi connectivity index (χ3v) is 7.94. The number of piperidine rings is 1. The monoisotopic (exact) mass is 530 g/mol. The van der Waals surface area contributed by atoms with E-state index in [0.717, 1.165) is 12.2 Å². The Bertz CT molecular complexity index is 1520. The second kappa shape index (κ2) is 10.8. The molecule has 4 aromatic rings. The number of carbonyl (C=O) groups is 2. The van der Waals surface area contributed by atoms with Crippen LogP contribution in [0.1, 0.15) is 35.5 Å². The summed E-state index contributed by atoms with van der Waals surface area (Å²) in [4.78, 5) is 46.5. The largest absolute Gasteiger partial charge is 0.457 e. The van der Waals surface area contributed by atoms with Crippen LogP contribution in [0, 0.1) is 18.8 Å². The zero-order valence-corrected chi connectivity index (χ0v) is 22.5. The lowest BCUT2D eigenvalue weighted by molar-refractivity contribution is -0.134. The van der Waals surface area contributed by atoms with Crippen LogP contribution in [0.5, 0.6) is 11.5 Å². The van der Waals surface area contributed by atoms with Crippen LogP contribution < -0.4 is 15.6 Å². The quantitative estimate of drug-likeness (QED) is 0.364. The summed E-state index contributed by atoms with van der Waals surface area (Å²) in [6.07, 6.45) is 2.50. The molecule has 2 amide bonds. The number of nitrogens with zero attached hydrogens (tertiary/aromatic N) is 3. The first-order chi connectivity index (χ1) is 18.3. The highest BCUT2D eigenvalue weighted by molar-refractivity contribution is 7.20. The van der Waals surface area contributed by atoms with Crippen LogP contribution in [0.25, 0.3) is 10.2 Å². The molecule has 8 nitrogen and oxygen atoms in total. The average Bonchev–Trinajstić information content (AvgIpc) is 3.24. The Labute approximate surface area is 224 Å². The molecule has 2 atom stereocenters. The van der Waals surface area contributed by atoms with Crippen LogP contribution >= 0.6 is 11.3 Å². The lowest BCUT2D eigenvalue weighted by Gasteiger charge is -2.35. The van der Waals surface area contributed by atoms with Gasteiger partial charge in [-0.05, 0) is 67.1 Å². The van der Waals surface area contributed by atoms with E-state index in [1.807, 2.05) is 35.2 Å². The van der Waals surface area contributed by atoms with Gasteiger partial charge in [0.15, 0.2) is 0 Å². The van der Waals surface area contributed by atoms with E-state index in [0.29, 0.717) is 57.0 Å². The maximum Gasteiger partial charge on any atom is 0.266 e. The Hall–Kier alpha value is -3.98. The SMILES string of the molecule is Cc1c(C(=O)Nc2ccc(Oc3ccccc3)cc2)sc2ncn(CC(=O)N3C[C@@H](C)C[C@H](C)C3)c(=O)c12. The maximum absolute atomic E-state index is 13.3. The third kappa shape index (κ3) is 5.47. The van der Waals surface area contributed by atoms with Crippen molar-refractivity contribution in [2.75, 3.05) is 18.4 Å². The molecule has 1 saturated heterocycles. The average molecular weight is 531 g/mol. The number of fused-ring (bicyclic) bond motifs is 1. The van der Waals surface area contributed by atoms with Crippen LogP contribution in [0.4, 0.5) is 5.69 Å². The Kier molecular flexibility index (Phi) is 7.28. The number of aromatic nitrogens is 2. The van der Waals surface area contributed by atoms with E-state index in [2.05, 4.69) is 24.1 Å². The van der Waals surface area contributed by atoms with E-state index >= 15 is 0 Å². The molecule has 1 aliphatic rings. The summed E-state index contributed by atoms with van der Waals surface area (Å²) in [6, 6.07) is 16.5. The van der Waals surface area contributed by atoms with Gasteiger partial charge >= 0.3 is 0 Å². The number of ether oxygens (including phenoxy) is 1. The highest BCUT2D eigenvalue weighted by atomic mass is 32.1. The minimum absolute atomic E-state index is 0.0601. The number of amides is 2. The summed E-state index contributed by atoms with van der Waals surface area (Å²) in [5.74, 6) is 1.85. The van der Waals surface area contributed by atoms with Gasteiger partial charge in [0.1, 0.15) is 22.9 Å². The smallest absolute Gasteiger partial charge is 0.266 e. The standard InChI is InChI=1S/C29H30N4O4S/c1-18-13-19(2)15-32(14-18)24(34)16-33-17-30-28-25(29(33)36)20(3)26(38-28)27(35)31-21-9-11-23(12-10-21)37-22-7-5-4-6-8-22/h4-12,17-19H,13-16H2,1-3H3,(H,31,35)/t18-,19-/m0/s1. The molecule has 0 spiro atoms. The first-order valence-electron chi connectivity index (χ1n) is 12.7. The number of likely N-dealkylation sites (tertiary alicyclic amines) is 1. The molecular weight excluding hydrogens is 500 g/mol. The van der Waals surface area contributed by atoms with Gasteiger partial charge < -0.3 is 15.0 Å². The van der Waals surface area contributed by atoms with Crippen molar-refractivity contribution in [2.45, 2.75) is 33.7 Å². The summed E-state index contributed by atoms with van der Waals surface area (Å²) in [5.41, 5.74) is 0.857. The van der Waals surface area contributed by atoms with Crippen LogP contribution in [0.3, 0.4) is 0 Å². The van der Waals surface area contributed by atoms with E-state index in [1.165, 1.54) is 22.2 Å². The predicted octanol–water partition coefficient (Wildman–Crippen LogP) is 5.32. The predicted molar refractivity (Wildman–Crippen MR) is 149 cm³/mol. The van der Waals surface area contributed by atoms with Crippen molar-refractivity contribution in [3.8, 4) is 11.5 Å². The molecule has 1 aliphatic heterocycles. The van der Waals surface area contributed by atoms with Crippen LogP contribution in [0.2, 0.25) is 0 Å². The summed E-state index contributed by atoms with van der Waals surface area (Å²) in [5, 5.41) is 3.26. The molecule has 0 radical (unpaired) electrons. The van der Waals surface area contributed by atoms with E-state index in [-0.39, 0.29) is 23.9 Å². The Balaban J connectivity index is 1.31. The number of hydrogen-bond acceptors (Lipinski definition) is 6. The fraction of sp³-hybridized carbons (Fsp3) is 0.310. The Morgan fingerprint density at radius 2 is 1.68 bits per heavy atom. The molecular formula is C29H30N4O4S. The summed E-state index contributed by atoms with van der Waals surface area (Å²) in [6.45, 7) is 7.38. The first kappa shape index (κ1) is 25.7. The van der Waals surface area contributed by atoms with Gasteiger partial charge in [0, 0.05) is 18.8 Å². The third-order valence-electron chi connectivity index (χ3n) is 6.74. The van der Waals surface area contributed by atoms with Gasteiger partial charge in [-0.1, -0.05) is 32.0 Å². The highest BCUT2D eigenvalue weighted by Gasteiger charge is 2.26. The number of aryl methyl sites for hydroxylation is 1. The van der Waals surface area contributed by atoms with Crippen molar-refractivity contribution in [1.82, 2.24) is 14.5 Å². The number of carbonyl (C=O) groups excluding carboxylic acids is 2. The zero-order chi connectivity index (χ0) is 26.8. The number of benzene rings is 2. The molecule has 3 heterocycles. The van der Waals surface area contributed by atoms with E-state index < -0.39 is 0 Å². The minimum atomic E-state index is -0.319. The van der Waals surface area contributed by atoms with Crippen molar-refractivity contribution in [3.05, 3.63) is 81.7 Å². The van der Waals surface area contributed by atoms with E-state index in [4.69, 9.17) is 4.74 Å². The number of para-hydroxylation sites is 1. The molecule has 38 heavy (non-hydrogen) atoms. The van der Waals surface area contributed by atoms with E-state index in [1.54, 1.807) is 31.2 Å². The normalized spacial score (nSPS) is 17.4. The van der Waals surface area contributed by atoms with Gasteiger partial charge in [0.25, 0.3) is 11.5 Å². The summed E-state index contributed by atoms with van der Waals surface area (Å²) < 4.78 is 7.15. The number of rotatable bonds is 6. The van der Waals surface area contributed by atoms with Gasteiger partial charge in [-0.2, -0.15) is 0 Å². The Morgan fingerprint density at radius 1 is 1.03 bits per heavy atom. The minimum Gasteiger partial charge on any atom is -0.457 e.